The third kappa shape index (κ3) is 13.8. The summed E-state index contributed by atoms with van der Waals surface area (Å²) < 4.78 is 455. The zero-order chi connectivity index (χ0) is 68.4. The molecule has 6 nitrogen and oxygen atoms in total. The second kappa shape index (κ2) is 28.1. The van der Waals surface area contributed by atoms with E-state index in [9.17, 15) is 87.8 Å². The van der Waals surface area contributed by atoms with Crippen LogP contribution in [0.15, 0.2) is 72.8 Å². The molecule has 0 aliphatic heterocycles. The van der Waals surface area contributed by atoms with Crippen molar-refractivity contribution in [2.24, 2.45) is 0 Å². The van der Waals surface area contributed by atoms with Crippen LogP contribution in [0.2, 0.25) is 0 Å². The molecule has 0 aliphatic carbocycles. The van der Waals surface area contributed by atoms with Gasteiger partial charge in [-0.3, -0.25) is 0 Å². The second-order valence-corrected chi connectivity index (χ2v) is 22.3. The average molecular weight is 1410 g/mol. The van der Waals surface area contributed by atoms with Crippen LogP contribution < -0.4 is 49.4 Å². The number of hydrogen-bond donors (Lipinski definition) is 0. The summed E-state index contributed by atoms with van der Waals surface area (Å²) in [6.07, 6.45) is -39.5. The van der Waals surface area contributed by atoms with Crippen molar-refractivity contribution in [2.75, 3.05) is 61.0 Å². The minimum Gasteiger partial charge on any atom is -0.207 e. The number of ether oxygens (including phenoxy) is 6. The van der Waals surface area contributed by atoms with E-state index in [1.807, 2.05) is 36.4 Å². The van der Waals surface area contributed by atoms with Gasteiger partial charge in [0.2, 0.25) is 0 Å². The molecule has 0 amide bonds. The summed E-state index contributed by atoms with van der Waals surface area (Å²) in [5.74, 6) is -67.2. The number of hydrogen-bond acceptors (Lipinski definition) is 6. The fraction of sp³-hybridized carbons (Fsp3) is 0.236. The Morgan fingerprint density at radius 3 is 0.648 bits per heavy atom. The fourth-order valence-electron chi connectivity index (χ4n) is 9.47. The van der Waals surface area contributed by atoms with Gasteiger partial charge in [-0.05, 0) is 0 Å². The molecule has 0 heterocycles. The Bertz CT molecular complexity index is 3380. The number of benzene rings is 7. The van der Waals surface area contributed by atoms with Gasteiger partial charge in [-0.1, -0.05) is 0 Å². The Labute approximate surface area is 496 Å². The SMILES string of the molecule is COCCOc1ccccc1[Se+](c1ccccc1OCCOC)c1ccccc1OCCOC.Fc1c(F)c(F)c(C(F)(F)F)c([B-](c2c(F)c(F)c(F)c(F)c2C(F)(F)F)(c2c(F)c(F)c(F)c(F)c2C(F)(F)F)c2c(F)c(F)c(F)c(F)c2C(F)(F)F)c1F. The first-order valence-electron chi connectivity index (χ1n) is 24.6. The average Bonchev–Trinajstić information content (AvgIpc) is 0.669. The van der Waals surface area contributed by atoms with E-state index in [0.29, 0.717) is 39.6 Å². The first-order chi connectivity index (χ1) is 42.3. The number of alkyl halides is 12. The minimum atomic E-state index is -8.89. The van der Waals surface area contributed by atoms with Crippen LogP contribution in [0.3, 0.4) is 0 Å². The van der Waals surface area contributed by atoms with Gasteiger partial charge in [0.1, 0.15) is 29.4 Å². The van der Waals surface area contributed by atoms with Crippen molar-refractivity contribution < 1.29 is 151 Å². The van der Waals surface area contributed by atoms with E-state index in [2.05, 4.69) is 36.4 Å². The van der Waals surface area contributed by atoms with Crippen molar-refractivity contribution in [3.63, 3.8) is 0 Å². The summed E-state index contributed by atoms with van der Waals surface area (Å²) in [4.78, 5) is 0. The Morgan fingerprint density at radius 2 is 0.462 bits per heavy atom. The van der Waals surface area contributed by atoms with Gasteiger partial charge in [-0.2, -0.15) is 52.7 Å². The second-order valence-electron chi connectivity index (χ2n) is 18.2. The third-order valence-electron chi connectivity index (χ3n) is 12.9. The number of methoxy groups -OCH3 is 3. The first-order valence-corrected chi connectivity index (χ1v) is 27.2. The molecule has 7 aromatic rings. The van der Waals surface area contributed by atoms with Crippen molar-refractivity contribution >= 4 is 55.3 Å². The molecular formula is C55H33BF28O6Se. The van der Waals surface area contributed by atoms with Gasteiger partial charge >= 0.3 is 231 Å². The van der Waals surface area contributed by atoms with E-state index >= 15 is 35.1 Å². The van der Waals surface area contributed by atoms with Crippen LogP contribution >= 0.6 is 0 Å². The smallest absolute Gasteiger partial charge is 0.207 e. The van der Waals surface area contributed by atoms with Crippen LogP contribution in [0, 0.1) is 93.1 Å². The van der Waals surface area contributed by atoms with E-state index in [1.54, 1.807) is 21.3 Å². The summed E-state index contributed by atoms with van der Waals surface area (Å²) >= 11 is -1.89. The van der Waals surface area contributed by atoms with Gasteiger partial charge in [0.05, 0.1) is 22.3 Å². The Morgan fingerprint density at radius 1 is 0.275 bits per heavy atom. The molecule has 0 aromatic heterocycles. The van der Waals surface area contributed by atoms with E-state index in [-0.39, 0.29) is 0 Å². The maximum absolute atomic E-state index is 16.0. The normalized spacial score (nSPS) is 12.4. The summed E-state index contributed by atoms with van der Waals surface area (Å²) in [6, 6.07) is 24.6. The maximum atomic E-state index is 16.0. The van der Waals surface area contributed by atoms with Crippen LogP contribution in [0.1, 0.15) is 22.3 Å². The van der Waals surface area contributed by atoms with Crippen LogP contribution in [0.4, 0.5) is 123 Å². The fourth-order valence-corrected chi connectivity index (χ4v) is 14.4. The van der Waals surface area contributed by atoms with Crippen LogP contribution in [-0.4, -0.2) is 81.0 Å². The molecule has 0 fully saturated rings. The molecule has 0 N–H and O–H groups in total. The molecule has 0 spiro atoms. The minimum absolute atomic E-state index is 0.477. The molecule has 0 unspecified atom stereocenters. The molecule has 0 saturated carbocycles. The van der Waals surface area contributed by atoms with Crippen LogP contribution in [0.25, 0.3) is 0 Å². The Kier molecular flexibility index (Phi) is 22.4. The number of halogens is 28. The van der Waals surface area contributed by atoms with Crippen molar-refractivity contribution in [3.05, 3.63) is 188 Å². The van der Waals surface area contributed by atoms with Crippen LogP contribution in [-0.2, 0) is 38.9 Å². The van der Waals surface area contributed by atoms with Gasteiger partial charge in [-0.15, -0.1) is 21.9 Å². The van der Waals surface area contributed by atoms with E-state index in [1.165, 1.54) is 0 Å². The monoisotopic (exact) mass is 1410 g/mol. The largest absolute Gasteiger partial charge is 0.416 e. The molecule has 0 bridgehead atoms. The standard InChI is InChI=1S/C28BF28.C27H33O6Se/c30-9-1(25(46,47)48)5(13(34)21(42)17(9)38)29(6-2(26(49,50)51)10(31)18(39)22(43)14(6)35,7-3(27(52,53)54)11(32)19(40)23(44)15(7)36)8-4(28(55,56)57)12(33)20(41)24(45)16(8)37;1-28-16-19-31-22-10-4-7-13-25(22)34(26-14-8-5-11-23(26)32-20-17-29-2)27-15-9-6-12-24(27)33-21-18-30-3/h;4-15H,16-21H2,1-3H3/q-1;+1. The Hall–Kier alpha value is -7.56. The van der Waals surface area contributed by atoms with Crippen molar-refractivity contribution in [2.45, 2.75) is 24.7 Å². The summed E-state index contributed by atoms with van der Waals surface area (Å²) in [5.41, 5.74) is -38.1. The molecule has 91 heavy (non-hydrogen) atoms. The molecule has 494 valence electrons. The molecule has 0 saturated heterocycles. The quantitative estimate of drug-likeness (QED) is 0.0264. The summed E-state index contributed by atoms with van der Waals surface area (Å²) in [6.45, 7) is 2.99. The van der Waals surface area contributed by atoms with Gasteiger partial charge in [0, 0.05) is 0 Å². The maximum Gasteiger partial charge on any atom is 0.416 e. The topological polar surface area (TPSA) is 55.4 Å². The van der Waals surface area contributed by atoms with Gasteiger partial charge in [-0.25, -0.2) is 70.2 Å². The van der Waals surface area contributed by atoms with Crippen molar-refractivity contribution in [3.8, 4) is 17.2 Å². The van der Waals surface area contributed by atoms with Gasteiger partial charge in [0.25, 0.3) is 0 Å². The number of rotatable bonds is 19. The first kappa shape index (κ1) is 72.5. The van der Waals surface area contributed by atoms with E-state index in [0.717, 1.165) is 30.6 Å². The van der Waals surface area contributed by atoms with Crippen molar-refractivity contribution in [1.29, 1.82) is 0 Å². The molecule has 0 radical (unpaired) electrons. The molecule has 36 heteroatoms. The molecule has 7 rings (SSSR count). The summed E-state index contributed by atoms with van der Waals surface area (Å²) in [5, 5.41) is 0. The molecule has 7 aromatic carbocycles. The van der Waals surface area contributed by atoms with Crippen molar-refractivity contribution in [1.82, 2.24) is 0 Å². The zero-order valence-corrected chi connectivity index (χ0v) is 46.9. The predicted molar refractivity (Wildman–Crippen MR) is 265 cm³/mol. The third-order valence-corrected chi connectivity index (χ3v) is 17.8. The number of para-hydroxylation sites is 3. The van der Waals surface area contributed by atoms with Crippen LogP contribution in [0.5, 0.6) is 17.2 Å². The molecular weight excluding hydrogens is 1380 g/mol. The molecule has 0 aliphatic rings. The van der Waals surface area contributed by atoms with E-state index in [4.69, 9.17) is 28.4 Å². The summed E-state index contributed by atoms with van der Waals surface area (Å²) in [7, 11) is 5.02. The van der Waals surface area contributed by atoms with Gasteiger partial charge < -0.3 is 0 Å². The predicted octanol–water partition coefficient (Wildman–Crippen LogP) is 11.6. The van der Waals surface area contributed by atoms with E-state index < -0.39 is 182 Å². The van der Waals surface area contributed by atoms with Gasteiger partial charge in [0.15, 0.2) is 69.8 Å². The zero-order valence-electron chi connectivity index (χ0n) is 45.2. The Balaban J connectivity index is 0.000000329. The molecule has 0 atom stereocenters.